The van der Waals surface area contributed by atoms with E-state index in [0.717, 1.165) is 51.7 Å². The Labute approximate surface area is 238 Å². The minimum atomic E-state index is -0.941. The Hall–Kier alpha value is -4.59. The van der Waals surface area contributed by atoms with Crippen molar-refractivity contribution in [3.8, 4) is 11.5 Å². The van der Waals surface area contributed by atoms with Crippen molar-refractivity contribution < 1.29 is 33.7 Å². The highest BCUT2D eigenvalue weighted by Gasteiger charge is 2.13. The first-order valence-corrected chi connectivity index (χ1v) is 13.6. The van der Waals surface area contributed by atoms with Crippen LogP contribution in [0.5, 0.6) is 11.5 Å². The molecular formula is C33H34FNO6. The molecule has 0 fully saturated rings. The highest BCUT2D eigenvalue weighted by Crippen LogP contribution is 2.28. The van der Waals surface area contributed by atoms with Gasteiger partial charge in [-0.05, 0) is 85.2 Å². The molecule has 0 aliphatic carbocycles. The second kappa shape index (κ2) is 14.2. The van der Waals surface area contributed by atoms with E-state index in [9.17, 15) is 19.1 Å². The molecule has 0 saturated heterocycles. The molecule has 1 aromatic heterocycles. The number of para-hydroxylation sites is 1. The normalized spacial score (nSPS) is 11.3. The molecule has 0 amide bonds. The molecule has 0 bridgehead atoms. The van der Waals surface area contributed by atoms with Crippen molar-refractivity contribution in [2.75, 3.05) is 13.2 Å². The first-order chi connectivity index (χ1) is 19.8. The van der Waals surface area contributed by atoms with E-state index in [1.54, 1.807) is 10.6 Å². The highest BCUT2D eigenvalue weighted by atomic mass is 19.1. The average Bonchev–Trinajstić information content (AvgIpc) is 3.28. The van der Waals surface area contributed by atoms with Crippen LogP contribution < -0.4 is 9.47 Å². The summed E-state index contributed by atoms with van der Waals surface area (Å²) in [6.45, 7) is 2.73. The SMILES string of the molecule is Cc1cc(F)ccc1OCCCCOc1ccc(C=Cc2cccc3c(CCCC(=O)O)cn(CC(=O)O)c23)cc1. The molecule has 214 valence electrons. The predicted octanol–water partition coefficient (Wildman–Crippen LogP) is 6.99. The maximum atomic E-state index is 13.2. The molecule has 3 aromatic carbocycles. The summed E-state index contributed by atoms with van der Waals surface area (Å²) in [5.74, 6) is -0.598. The van der Waals surface area contributed by atoms with Gasteiger partial charge in [0.1, 0.15) is 23.9 Å². The molecule has 1 heterocycles. The van der Waals surface area contributed by atoms with E-state index in [1.165, 1.54) is 12.1 Å². The van der Waals surface area contributed by atoms with Crippen LogP contribution >= 0.6 is 0 Å². The van der Waals surface area contributed by atoms with Gasteiger partial charge in [0, 0.05) is 18.0 Å². The van der Waals surface area contributed by atoms with E-state index in [-0.39, 0.29) is 18.8 Å². The lowest BCUT2D eigenvalue weighted by Crippen LogP contribution is -2.07. The number of carboxylic acid groups (broad SMARTS) is 2. The van der Waals surface area contributed by atoms with Crippen molar-refractivity contribution >= 4 is 35.0 Å². The van der Waals surface area contributed by atoms with Crippen LogP contribution in [0.4, 0.5) is 4.39 Å². The molecular weight excluding hydrogens is 525 g/mol. The van der Waals surface area contributed by atoms with Crippen LogP contribution in [0, 0.1) is 12.7 Å². The van der Waals surface area contributed by atoms with Crippen molar-refractivity contribution in [1.29, 1.82) is 0 Å². The third kappa shape index (κ3) is 8.45. The highest BCUT2D eigenvalue weighted by molar-refractivity contribution is 5.94. The van der Waals surface area contributed by atoms with Crippen molar-refractivity contribution in [3.05, 3.63) is 94.9 Å². The summed E-state index contributed by atoms with van der Waals surface area (Å²) in [7, 11) is 0. The van der Waals surface area contributed by atoms with Gasteiger partial charge in [-0.3, -0.25) is 9.59 Å². The van der Waals surface area contributed by atoms with Crippen LogP contribution in [0.2, 0.25) is 0 Å². The minimum absolute atomic E-state index is 0.0660. The molecule has 41 heavy (non-hydrogen) atoms. The molecule has 7 nitrogen and oxygen atoms in total. The Bertz CT molecular complexity index is 1520. The quantitative estimate of drug-likeness (QED) is 0.120. The van der Waals surface area contributed by atoms with Crippen molar-refractivity contribution in [3.63, 3.8) is 0 Å². The van der Waals surface area contributed by atoms with Crippen molar-refractivity contribution in [2.24, 2.45) is 0 Å². The second-order valence-corrected chi connectivity index (χ2v) is 9.88. The fourth-order valence-corrected chi connectivity index (χ4v) is 4.71. The zero-order valence-corrected chi connectivity index (χ0v) is 23.0. The van der Waals surface area contributed by atoms with Crippen molar-refractivity contribution in [2.45, 2.75) is 45.6 Å². The van der Waals surface area contributed by atoms with Gasteiger partial charge in [-0.1, -0.05) is 42.5 Å². The Morgan fingerprint density at radius 1 is 0.902 bits per heavy atom. The Morgan fingerprint density at radius 3 is 2.37 bits per heavy atom. The molecule has 2 N–H and O–H groups in total. The number of aryl methyl sites for hydroxylation is 2. The number of aromatic nitrogens is 1. The molecule has 0 radical (unpaired) electrons. The topological polar surface area (TPSA) is 98.0 Å². The van der Waals surface area contributed by atoms with Crippen LogP contribution in [-0.4, -0.2) is 39.9 Å². The number of carboxylic acids is 2. The number of aliphatic carboxylic acids is 2. The summed E-state index contributed by atoms with van der Waals surface area (Å²) in [6.07, 6.45) is 8.49. The fraction of sp³-hybridized carbons (Fsp3) is 0.273. The van der Waals surface area contributed by atoms with Crippen molar-refractivity contribution in [1.82, 2.24) is 4.57 Å². The second-order valence-electron chi connectivity index (χ2n) is 9.88. The van der Waals surface area contributed by atoms with Gasteiger partial charge in [0.15, 0.2) is 0 Å². The standard InChI is InChI=1S/C33H34FNO6/c1-23-20-27(34)14-17-30(23)41-19-3-2-18-40-28-15-11-24(12-16-28)10-13-25-6-4-8-29-26(7-5-9-31(36)37)21-35(33(25)29)22-32(38)39/h4,6,8,10-17,20-21H,2-3,5,7,9,18-19,22H2,1H3,(H,36,37)(H,38,39). The van der Waals surface area contributed by atoms with Gasteiger partial charge in [-0.25, -0.2) is 4.39 Å². The van der Waals surface area contributed by atoms with Gasteiger partial charge < -0.3 is 24.3 Å². The summed E-state index contributed by atoms with van der Waals surface area (Å²) in [6, 6.07) is 18.0. The lowest BCUT2D eigenvalue weighted by molar-refractivity contribution is -0.138. The number of rotatable bonds is 15. The van der Waals surface area contributed by atoms with Gasteiger partial charge in [-0.2, -0.15) is 0 Å². The van der Waals surface area contributed by atoms with E-state index in [0.29, 0.717) is 31.8 Å². The van der Waals surface area contributed by atoms with Gasteiger partial charge in [0.05, 0.1) is 18.7 Å². The maximum Gasteiger partial charge on any atom is 0.323 e. The Morgan fingerprint density at radius 2 is 1.66 bits per heavy atom. The molecule has 8 heteroatoms. The zero-order chi connectivity index (χ0) is 29.2. The number of halogens is 1. The van der Waals surface area contributed by atoms with Gasteiger partial charge in [0.2, 0.25) is 0 Å². The smallest absolute Gasteiger partial charge is 0.323 e. The molecule has 0 spiro atoms. The van der Waals surface area contributed by atoms with Gasteiger partial charge in [-0.15, -0.1) is 0 Å². The minimum Gasteiger partial charge on any atom is -0.494 e. The molecule has 0 unspecified atom stereocenters. The summed E-state index contributed by atoms with van der Waals surface area (Å²) in [5.41, 5.74) is 4.38. The summed E-state index contributed by atoms with van der Waals surface area (Å²) in [5, 5.41) is 19.3. The number of carbonyl (C=O) groups is 2. The van der Waals surface area contributed by atoms with E-state index >= 15 is 0 Å². The maximum absolute atomic E-state index is 13.2. The lowest BCUT2D eigenvalue weighted by atomic mass is 10.0. The number of hydrogen-bond acceptors (Lipinski definition) is 4. The van der Waals surface area contributed by atoms with Gasteiger partial charge in [0.25, 0.3) is 0 Å². The van der Waals surface area contributed by atoms with Crippen LogP contribution in [0.25, 0.3) is 23.1 Å². The molecule has 0 atom stereocenters. The third-order valence-electron chi connectivity index (χ3n) is 6.69. The van der Waals surface area contributed by atoms with Crippen LogP contribution in [-0.2, 0) is 22.6 Å². The summed E-state index contributed by atoms with van der Waals surface area (Å²) < 4.78 is 26.5. The molecule has 0 aliphatic rings. The van der Waals surface area contributed by atoms with E-state index in [2.05, 4.69) is 0 Å². The third-order valence-corrected chi connectivity index (χ3v) is 6.69. The Kier molecular flexibility index (Phi) is 10.2. The molecule has 0 saturated carbocycles. The first kappa shape index (κ1) is 29.4. The summed E-state index contributed by atoms with van der Waals surface area (Å²) >= 11 is 0. The molecule has 4 aromatic rings. The largest absolute Gasteiger partial charge is 0.494 e. The van der Waals surface area contributed by atoms with E-state index < -0.39 is 11.9 Å². The van der Waals surface area contributed by atoms with Crippen LogP contribution in [0.1, 0.15) is 47.9 Å². The lowest BCUT2D eigenvalue weighted by Gasteiger charge is -2.10. The first-order valence-electron chi connectivity index (χ1n) is 13.6. The molecule has 4 rings (SSSR count). The Balaban J connectivity index is 1.33. The molecule has 0 aliphatic heterocycles. The summed E-state index contributed by atoms with van der Waals surface area (Å²) in [4.78, 5) is 22.4. The number of nitrogens with zero attached hydrogens (tertiary/aromatic N) is 1. The predicted molar refractivity (Wildman–Crippen MR) is 157 cm³/mol. The van der Waals surface area contributed by atoms with Crippen LogP contribution in [0.3, 0.4) is 0 Å². The zero-order valence-electron chi connectivity index (χ0n) is 23.0. The van der Waals surface area contributed by atoms with Gasteiger partial charge >= 0.3 is 11.9 Å². The number of ether oxygens (including phenoxy) is 2. The van der Waals surface area contributed by atoms with Crippen LogP contribution in [0.15, 0.2) is 66.9 Å². The monoisotopic (exact) mass is 559 g/mol. The number of fused-ring (bicyclic) bond motifs is 1. The number of hydrogen-bond donors (Lipinski definition) is 2. The number of benzene rings is 3. The fourth-order valence-electron chi connectivity index (χ4n) is 4.71. The van der Waals surface area contributed by atoms with E-state index in [1.807, 2.05) is 67.7 Å². The average molecular weight is 560 g/mol. The van der Waals surface area contributed by atoms with E-state index in [4.69, 9.17) is 14.6 Å². The number of unbranched alkanes of at least 4 members (excludes halogenated alkanes) is 1.